The molecule has 2 heteroatoms. The third-order valence-electron chi connectivity index (χ3n) is 9.28. The van der Waals surface area contributed by atoms with Crippen LogP contribution < -0.4 is 0 Å². The summed E-state index contributed by atoms with van der Waals surface area (Å²) in [5.41, 5.74) is 19.7. The Balaban J connectivity index is 1.40. The Bertz CT molecular complexity index is 2040. The van der Waals surface area contributed by atoms with Gasteiger partial charge in [-0.3, -0.25) is 0 Å². The molecule has 2 nitrogen and oxygen atoms in total. The normalized spacial score (nSPS) is 11.1. The highest BCUT2D eigenvalue weighted by Crippen LogP contribution is 2.35. The first-order valence-corrected chi connectivity index (χ1v) is 16.6. The molecular weight excluding hydrogens is 581 g/mol. The van der Waals surface area contributed by atoms with Gasteiger partial charge in [0.15, 0.2) is 5.82 Å². The smallest absolute Gasteiger partial charge is 0.160 e. The van der Waals surface area contributed by atoms with Gasteiger partial charge in [-0.1, -0.05) is 126 Å². The summed E-state index contributed by atoms with van der Waals surface area (Å²) in [4.78, 5) is 10.5. The topological polar surface area (TPSA) is 25.8 Å². The summed E-state index contributed by atoms with van der Waals surface area (Å²) in [6.45, 7) is 13.0. The second-order valence-electron chi connectivity index (χ2n) is 13.2. The van der Waals surface area contributed by atoms with Crippen LogP contribution in [0.5, 0.6) is 0 Å². The Kier molecular flexibility index (Phi) is 8.33. The number of hydrogen-bond acceptors (Lipinski definition) is 2. The molecular formula is C46H40N2. The van der Waals surface area contributed by atoms with E-state index in [9.17, 15) is 0 Å². The van der Waals surface area contributed by atoms with Gasteiger partial charge in [-0.2, -0.15) is 0 Å². The molecule has 1 aromatic heterocycles. The van der Waals surface area contributed by atoms with Gasteiger partial charge in [-0.05, 0) is 116 Å². The summed E-state index contributed by atoms with van der Waals surface area (Å²) in [5, 5.41) is 0. The van der Waals surface area contributed by atoms with E-state index in [4.69, 9.17) is 9.97 Å². The minimum absolute atomic E-state index is 0.712. The zero-order chi connectivity index (χ0) is 33.4. The van der Waals surface area contributed by atoms with E-state index in [0.29, 0.717) is 5.82 Å². The lowest BCUT2D eigenvalue weighted by molar-refractivity contribution is 1.18. The third-order valence-corrected chi connectivity index (χ3v) is 9.28. The summed E-state index contributed by atoms with van der Waals surface area (Å²) < 4.78 is 0. The van der Waals surface area contributed by atoms with Gasteiger partial charge < -0.3 is 0 Å². The van der Waals surface area contributed by atoms with Crippen LogP contribution in [-0.2, 0) is 0 Å². The zero-order valence-electron chi connectivity index (χ0n) is 28.6. The molecule has 0 bridgehead atoms. The fourth-order valence-electron chi connectivity index (χ4n) is 6.53. The van der Waals surface area contributed by atoms with Gasteiger partial charge in [0.25, 0.3) is 0 Å². The number of nitrogens with zero attached hydrogens (tertiary/aromatic N) is 2. The molecule has 0 aliphatic rings. The molecule has 0 radical (unpaired) electrons. The molecule has 48 heavy (non-hydrogen) atoms. The average Bonchev–Trinajstić information content (AvgIpc) is 3.11. The van der Waals surface area contributed by atoms with Gasteiger partial charge in [0.05, 0.1) is 11.4 Å². The van der Waals surface area contributed by atoms with Crippen molar-refractivity contribution in [1.82, 2.24) is 9.97 Å². The first kappa shape index (κ1) is 31.0. The van der Waals surface area contributed by atoms with Crippen LogP contribution in [0.1, 0.15) is 33.4 Å². The quantitative estimate of drug-likeness (QED) is 0.185. The molecule has 0 aliphatic heterocycles. The van der Waals surface area contributed by atoms with Gasteiger partial charge in [-0.15, -0.1) is 0 Å². The molecule has 0 spiro atoms. The first-order chi connectivity index (χ1) is 23.2. The molecule has 0 saturated carbocycles. The highest BCUT2D eigenvalue weighted by atomic mass is 14.9. The van der Waals surface area contributed by atoms with Crippen LogP contribution >= 0.6 is 0 Å². The molecule has 1 heterocycles. The van der Waals surface area contributed by atoms with Gasteiger partial charge in [0.1, 0.15) is 0 Å². The van der Waals surface area contributed by atoms with E-state index in [1.807, 2.05) is 0 Å². The van der Waals surface area contributed by atoms with Crippen LogP contribution in [0.2, 0.25) is 0 Å². The first-order valence-electron chi connectivity index (χ1n) is 16.6. The Morgan fingerprint density at radius 3 is 1.04 bits per heavy atom. The van der Waals surface area contributed by atoms with E-state index in [1.54, 1.807) is 0 Å². The van der Waals surface area contributed by atoms with Crippen LogP contribution in [0.25, 0.3) is 67.3 Å². The van der Waals surface area contributed by atoms with Gasteiger partial charge in [0.2, 0.25) is 0 Å². The molecule has 7 aromatic rings. The Hall–Kier alpha value is -5.60. The molecule has 0 atom stereocenters. The number of hydrogen-bond donors (Lipinski definition) is 0. The second kappa shape index (κ2) is 12.9. The molecule has 0 saturated heterocycles. The van der Waals surface area contributed by atoms with Crippen molar-refractivity contribution in [2.75, 3.05) is 0 Å². The lowest BCUT2D eigenvalue weighted by Crippen LogP contribution is -1.97. The Morgan fingerprint density at radius 1 is 0.312 bits per heavy atom. The maximum atomic E-state index is 5.24. The van der Waals surface area contributed by atoms with Crippen LogP contribution in [0.4, 0.5) is 0 Å². The number of aryl methyl sites for hydroxylation is 6. The Morgan fingerprint density at radius 2 is 0.646 bits per heavy atom. The van der Waals surface area contributed by atoms with Gasteiger partial charge in [0, 0.05) is 16.7 Å². The predicted molar refractivity (Wildman–Crippen MR) is 203 cm³/mol. The Labute approximate surface area is 284 Å². The SMILES string of the molecule is Cc1ccc(C)c(-c2cccc(-c3cc(-c4cccc(-c5cc(C)ccc5C)c4)nc(-c4cccc(-c5cc(C)ccc5C)c4)n3)c2)c1. The van der Waals surface area contributed by atoms with Crippen molar-refractivity contribution in [2.45, 2.75) is 41.5 Å². The summed E-state index contributed by atoms with van der Waals surface area (Å²) in [7, 11) is 0. The van der Waals surface area contributed by atoms with Crippen molar-refractivity contribution >= 4 is 0 Å². The monoisotopic (exact) mass is 620 g/mol. The number of benzene rings is 6. The molecule has 6 aromatic carbocycles. The van der Waals surface area contributed by atoms with Crippen molar-refractivity contribution in [1.29, 1.82) is 0 Å². The van der Waals surface area contributed by atoms with E-state index in [1.165, 1.54) is 61.2 Å². The minimum atomic E-state index is 0.712. The summed E-state index contributed by atoms with van der Waals surface area (Å²) in [5.74, 6) is 0.712. The number of aromatic nitrogens is 2. The van der Waals surface area contributed by atoms with Crippen LogP contribution in [0.3, 0.4) is 0 Å². The maximum Gasteiger partial charge on any atom is 0.160 e. The lowest BCUT2D eigenvalue weighted by atomic mass is 9.95. The van der Waals surface area contributed by atoms with Crippen molar-refractivity contribution in [3.63, 3.8) is 0 Å². The fraction of sp³-hybridized carbons (Fsp3) is 0.130. The zero-order valence-corrected chi connectivity index (χ0v) is 28.6. The summed E-state index contributed by atoms with van der Waals surface area (Å²) in [6, 6.07) is 48.2. The second-order valence-corrected chi connectivity index (χ2v) is 13.2. The highest BCUT2D eigenvalue weighted by Gasteiger charge is 2.14. The van der Waals surface area contributed by atoms with E-state index in [2.05, 4.69) is 175 Å². The highest BCUT2D eigenvalue weighted by molar-refractivity contribution is 5.80. The van der Waals surface area contributed by atoms with Crippen molar-refractivity contribution in [2.24, 2.45) is 0 Å². The van der Waals surface area contributed by atoms with Gasteiger partial charge >= 0.3 is 0 Å². The van der Waals surface area contributed by atoms with E-state index >= 15 is 0 Å². The lowest BCUT2D eigenvalue weighted by Gasteiger charge is -2.14. The molecule has 0 fully saturated rings. The van der Waals surface area contributed by atoms with Crippen LogP contribution in [0.15, 0.2) is 133 Å². The largest absolute Gasteiger partial charge is 0.228 e. The van der Waals surface area contributed by atoms with Crippen molar-refractivity contribution in [3.05, 3.63) is 167 Å². The number of rotatable bonds is 6. The predicted octanol–water partition coefficient (Wildman–Crippen LogP) is 12.3. The summed E-state index contributed by atoms with van der Waals surface area (Å²) >= 11 is 0. The van der Waals surface area contributed by atoms with Crippen LogP contribution in [0, 0.1) is 41.5 Å². The minimum Gasteiger partial charge on any atom is -0.228 e. The molecule has 234 valence electrons. The molecule has 0 N–H and O–H groups in total. The third kappa shape index (κ3) is 6.35. The van der Waals surface area contributed by atoms with E-state index < -0.39 is 0 Å². The van der Waals surface area contributed by atoms with Crippen molar-refractivity contribution < 1.29 is 0 Å². The average molecular weight is 621 g/mol. The summed E-state index contributed by atoms with van der Waals surface area (Å²) in [6.07, 6.45) is 0. The van der Waals surface area contributed by atoms with E-state index in [0.717, 1.165) is 33.6 Å². The maximum absolute atomic E-state index is 5.24. The van der Waals surface area contributed by atoms with Crippen molar-refractivity contribution in [3.8, 4) is 67.3 Å². The van der Waals surface area contributed by atoms with Gasteiger partial charge in [-0.25, -0.2) is 9.97 Å². The van der Waals surface area contributed by atoms with Crippen LogP contribution in [-0.4, -0.2) is 9.97 Å². The fourth-order valence-corrected chi connectivity index (χ4v) is 6.53. The molecule has 0 amide bonds. The molecule has 7 rings (SSSR count). The standard InChI is InChI=1S/C46H40N2/c1-29-16-19-32(4)41(22-29)35-10-7-13-38(25-35)44-28-45(39-14-8-11-36(26-39)42-23-30(2)17-20-33(42)5)48-46(47-44)40-15-9-12-37(27-40)43-24-31(3)18-21-34(43)6/h7-28H,1-6H3. The molecule has 0 unspecified atom stereocenters. The van der Waals surface area contributed by atoms with E-state index in [-0.39, 0.29) is 0 Å². The molecule has 0 aliphatic carbocycles.